The van der Waals surface area contributed by atoms with E-state index >= 15 is 0 Å². The molecule has 148 valence electrons. The van der Waals surface area contributed by atoms with E-state index in [2.05, 4.69) is 52.4 Å². The van der Waals surface area contributed by atoms with Crippen LogP contribution >= 0.6 is 31.9 Å². The number of phenolic OH excluding ortho intramolecular Hbond substituents is 1. The largest absolute Gasteiger partial charge is 0.507 e. The van der Waals surface area contributed by atoms with Crippen LogP contribution in [0.4, 0.5) is 5.95 Å². The summed E-state index contributed by atoms with van der Waals surface area (Å²) in [5.41, 5.74) is 6.71. The molecule has 0 aliphatic rings. The van der Waals surface area contributed by atoms with Gasteiger partial charge in [0.05, 0.1) is 17.6 Å². The maximum atomic E-state index is 10.3. The fraction of sp³-hybridized carbons (Fsp3) is 0. The Morgan fingerprint density at radius 1 is 0.800 bits per heavy atom. The lowest BCUT2D eigenvalue weighted by molar-refractivity contribution is 0.477. The summed E-state index contributed by atoms with van der Waals surface area (Å²) >= 11 is 6.87. The zero-order valence-corrected chi connectivity index (χ0v) is 18.8. The van der Waals surface area contributed by atoms with Gasteiger partial charge < -0.3 is 5.11 Å². The molecule has 1 heterocycles. The van der Waals surface area contributed by atoms with Crippen LogP contribution in [0.2, 0.25) is 0 Å². The van der Waals surface area contributed by atoms with E-state index in [0.717, 1.165) is 25.8 Å². The molecule has 5 nitrogen and oxygen atoms in total. The van der Waals surface area contributed by atoms with Gasteiger partial charge in [-0.05, 0) is 48.0 Å². The molecule has 0 saturated heterocycles. The van der Waals surface area contributed by atoms with E-state index in [1.807, 2.05) is 66.7 Å². The van der Waals surface area contributed by atoms with Crippen molar-refractivity contribution in [1.29, 1.82) is 0 Å². The molecule has 1 aromatic heterocycles. The van der Waals surface area contributed by atoms with E-state index in [-0.39, 0.29) is 5.75 Å². The molecule has 3 aromatic carbocycles. The molecule has 0 bridgehead atoms. The van der Waals surface area contributed by atoms with Crippen LogP contribution in [-0.2, 0) is 0 Å². The fourth-order valence-electron chi connectivity index (χ4n) is 2.81. The summed E-state index contributed by atoms with van der Waals surface area (Å²) in [5.74, 6) is 0.490. The third-order valence-corrected chi connectivity index (χ3v) is 5.35. The van der Waals surface area contributed by atoms with Crippen LogP contribution in [0.1, 0.15) is 5.56 Å². The number of para-hydroxylation sites is 1. The number of anilines is 1. The highest BCUT2D eigenvalue weighted by Gasteiger charge is 2.11. The first-order chi connectivity index (χ1) is 14.6. The Balaban J connectivity index is 1.70. The Hall–Kier alpha value is -3.03. The monoisotopic (exact) mass is 522 g/mol. The second kappa shape index (κ2) is 9.19. The summed E-state index contributed by atoms with van der Waals surface area (Å²) < 4.78 is 1.99. The lowest BCUT2D eigenvalue weighted by atomic mass is 10.1. The summed E-state index contributed by atoms with van der Waals surface area (Å²) in [5, 5.41) is 14.5. The molecule has 30 heavy (non-hydrogen) atoms. The van der Waals surface area contributed by atoms with Crippen molar-refractivity contribution in [2.75, 3.05) is 5.43 Å². The summed E-state index contributed by atoms with van der Waals surface area (Å²) in [6, 6.07) is 24.6. The second-order valence-electron chi connectivity index (χ2n) is 6.41. The van der Waals surface area contributed by atoms with Crippen LogP contribution in [0.3, 0.4) is 0 Å². The molecule has 4 rings (SSSR count). The predicted octanol–water partition coefficient (Wildman–Crippen LogP) is 6.49. The number of benzene rings is 3. The molecule has 0 spiro atoms. The summed E-state index contributed by atoms with van der Waals surface area (Å²) in [6.45, 7) is 0. The zero-order chi connectivity index (χ0) is 20.9. The first kappa shape index (κ1) is 20.3. The van der Waals surface area contributed by atoms with Crippen molar-refractivity contribution in [3.8, 4) is 28.3 Å². The van der Waals surface area contributed by atoms with Gasteiger partial charge in [0.25, 0.3) is 0 Å². The minimum Gasteiger partial charge on any atom is -0.507 e. The maximum Gasteiger partial charge on any atom is 0.244 e. The Bertz CT molecular complexity index is 1190. The fourth-order valence-corrected chi connectivity index (χ4v) is 3.34. The second-order valence-corrected chi connectivity index (χ2v) is 8.24. The van der Waals surface area contributed by atoms with Gasteiger partial charge in [0.15, 0.2) is 0 Å². The molecule has 4 aromatic rings. The topological polar surface area (TPSA) is 70.4 Å². The lowest BCUT2D eigenvalue weighted by Gasteiger charge is -2.09. The molecule has 2 N–H and O–H groups in total. The SMILES string of the molecule is Oc1ccccc1-c1cc(-c2ccc(Br)cc2)nc(N/N=C\c2ccc(Br)cc2)n1. The molecule has 0 saturated carbocycles. The number of nitrogens with one attached hydrogen (secondary N) is 1. The normalized spacial score (nSPS) is 11.0. The smallest absolute Gasteiger partial charge is 0.244 e. The van der Waals surface area contributed by atoms with E-state index in [4.69, 9.17) is 0 Å². The van der Waals surface area contributed by atoms with Crippen molar-refractivity contribution in [1.82, 2.24) is 9.97 Å². The highest BCUT2D eigenvalue weighted by molar-refractivity contribution is 9.10. The van der Waals surface area contributed by atoms with Crippen molar-refractivity contribution < 1.29 is 5.11 Å². The highest BCUT2D eigenvalue weighted by Crippen LogP contribution is 2.31. The number of aromatic hydroxyl groups is 1. The van der Waals surface area contributed by atoms with Gasteiger partial charge >= 0.3 is 0 Å². The molecular weight excluding hydrogens is 508 g/mol. The standard InChI is InChI=1S/C23H16Br2N4O/c24-17-9-5-15(6-10-17)14-26-29-23-27-20(16-7-11-18(25)12-8-16)13-21(28-23)19-3-1-2-4-22(19)30/h1-14,30H,(H,27,28,29)/b26-14-. The van der Waals surface area contributed by atoms with Gasteiger partial charge in [-0.3, -0.25) is 0 Å². The van der Waals surface area contributed by atoms with E-state index in [1.165, 1.54) is 0 Å². The van der Waals surface area contributed by atoms with Gasteiger partial charge in [0.2, 0.25) is 5.95 Å². The Morgan fingerprint density at radius 2 is 1.43 bits per heavy atom. The number of hydrazone groups is 1. The number of halogens is 2. The van der Waals surface area contributed by atoms with E-state index in [9.17, 15) is 5.11 Å². The molecule has 0 aliphatic carbocycles. The van der Waals surface area contributed by atoms with Crippen molar-refractivity contribution in [2.24, 2.45) is 5.10 Å². The van der Waals surface area contributed by atoms with Gasteiger partial charge in [-0.2, -0.15) is 5.10 Å². The van der Waals surface area contributed by atoms with Crippen LogP contribution < -0.4 is 5.43 Å². The summed E-state index contributed by atoms with van der Waals surface area (Å²) in [6.07, 6.45) is 1.70. The Morgan fingerprint density at radius 3 is 2.13 bits per heavy atom. The van der Waals surface area contributed by atoms with Crippen LogP contribution in [-0.4, -0.2) is 21.3 Å². The number of hydrogen-bond acceptors (Lipinski definition) is 5. The third kappa shape index (κ3) is 4.93. The average molecular weight is 524 g/mol. The average Bonchev–Trinajstić information content (AvgIpc) is 2.76. The van der Waals surface area contributed by atoms with Crippen molar-refractivity contribution in [3.05, 3.63) is 93.4 Å². The summed E-state index contributed by atoms with van der Waals surface area (Å²) in [4.78, 5) is 9.13. The number of aromatic nitrogens is 2. The predicted molar refractivity (Wildman–Crippen MR) is 128 cm³/mol. The molecule has 0 amide bonds. The molecule has 0 atom stereocenters. The maximum absolute atomic E-state index is 10.3. The van der Waals surface area contributed by atoms with Gasteiger partial charge in [-0.15, -0.1) is 0 Å². The number of hydrogen-bond donors (Lipinski definition) is 2. The van der Waals surface area contributed by atoms with Gasteiger partial charge in [0, 0.05) is 20.1 Å². The van der Waals surface area contributed by atoms with Gasteiger partial charge in [-0.25, -0.2) is 15.4 Å². The summed E-state index contributed by atoms with van der Waals surface area (Å²) in [7, 11) is 0. The Labute approximate surface area is 190 Å². The molecule has 0 aliphatic heterocycles. The quantitative estimate of drug-likeness (QED) is 0.232. The van der Waals surface area contributed by atoms with E-state index < -0.39 is 0 Å². The van der Waals surface area contributed by atoms with Crippen molar-refractivity contribution in [3.63, 3.8) is 0 Å². The first-order valence-electron chi connectivity index (χ1n) is 9.06. The van der Waals surface area contributed by atoms with Gasteiger partial charge in [0.1, 0.15) is 5.75 Å². The minimum atomic E-state index is 0.155. The lowest BCUT2D eigenvalue weighted by Crippen LogP contribution is -2.00. The number of nitrogens with zero attached hydrogens (tertiary/aromatic N) is 3. The molecular formula is C23H16Br2N4O. The van der Waals surface area contributed by atoms with Gasteiger partial charge in [-0.1, -0.05) is 68.3 Å². The zero-order valence-electron chi connectivity index (χ0n) is 15.6. The highest BCUT2D eigenvalue weighted by atomic mass is 79.9. The Kier molecular flexibility index (Phi) is 6.21. The van der Waals surface area contributed by atoms with Crippen LogP contribution in [0.15, 0.2) is 92.9 Å². The first-order valence-corrected chi connectivity index (χ1v) is 10.6. The van der Waals surface area contributed by atoms with E-state index in [0.29, 0.717) is 17.2 Å². The van der Waals surface area contributed by atoms with Crippen LogP contribution in [0.25, 0.3) is 22.5 Å². The molecule has 0 radical (unpaired) electrons. The molecule has 0 fully saturated rings. The van der Waals surface area contributed by atoms with Crippen molar-refractivity contribution in [2.45, 2.75) is 0 Å². The van der Waals surface area contributed by atoms with E-state index in [1.54, 1.807) is 18.3 Å². The molecule has 0 unspecified atom stereocenters. The number of phenols is 1. The third-order valence-electron chi connectivity index (χ3n) is 4.29. The van der Waals surface area contributed by atoms with Crippen molar-refractivity contribution >= 4 is 44.0 Å². The molecule has 7 heteroatoms. The minimum absolute atomic E-state index is 0.155. The number of rotatable bonds is 5. The van der Waals surface area contributed by atoms with Crippen LogP contribution in [0, 0.1) is 0 Å². The van der Waals surface area contributed by atoms with Crippen LogP contribution in [0.5, 0.6) is 5.75 Å².